The predicted octanol–water partition coefficient (Wildman–Crippen LogP) is 1.54. The highest BCUT2D eigenvalue weighted by atomic mass is 16.5. The molecule has 2 heteroatoms. The van der Waals surface area contributed by atoms with Crippen molar-refractivity contribution in [1.82, 2.24) is 0 Å². The first-order valence-electron chi connectivity index (χ1n) is 4.02. The van der Waals surface area contributed by atoms with E-state index in [1.807, 2.05) is 6.92 Å². The van der Waals surface area contributed by atoms with Gasteiger partial charge in [-0.25, -0.2) is 0 Å². The molecule has 0 saturated carbocycles. The number of rotatable bonds is 5. The smallest absolute Gasteiger partial charge is 0.0775 e. The molecule has 2 N–H and O–H groups in total. The molecule has 0 aromatic carbocycles. The van der Waals surface area contributed by atoms with E-state index in [9.17, 15) is 0 Å². The number of nitrogens with two attached hydrogens (primary N) is 1. The van der Waals surface area contributed by atoms with Gasteiger partial charge in [0.1, 0.15) is 0 Å². The topological polar surface area (TPSA) is 35.2 Å². The summed E-state index contributed by atoms with van der Waals surface area (Å²) in [5, 5.41) is 0. The molecule has 0 radical (unpaired) electrons. The molecule has 0 fully saturated rings. The zero-order valence-electron chi connectivity index (χ0n) is 7.31. The summed E-state index contributed by atoms with van der Waals surface area (Å²) >= 11 is 0. The van der Waals surface area contributed by atoms with Gasteiger partial charge in [-0.1, -0.05) is 13.3 Å². The van der Waals surface area contributed by atoms with Crippen molar-refractivity contribution in [3.63, 3.8) is 0 Å². The maximum absolute atomic E-state index is 5.55. The van der Waals surface area contributed by atoms with E-state index in [1.165, 1.54) is 0 Å². The van der Waals surface area contributed by atoms with E-state index in [0.717, 1.165) is 19.4 Å². The van der Waals surface area contributed by atoms with Crippen LogP contribution in [0.5, 0.6) is 0 Å². The lowest BCUT2D eigenvalue weighted by atomic mass is 10.0. The highest BCUT2D eigenvalue weighted by molar-refractivity contribution is 4.74. The van der Waals surface area contributed by atoms with Gasteiger partial charge in [0.2, 0.25) is 0 Å². The van der Waals surface area contributed by atoms with Crippen molar-refractivity contribution in [3.8, 4) is 0 Å². The number of hydrogen-bond acceptors (Lipinski definition) is 2. The summed E-state index contributed by atoms with van der Waals surface area (Å²) in [4.78, 5) is 0. The van der Waals surface area contributed by atoms with E-state index in [-0.39, 0.29) is 5.60 Å². The van der Waals surface area contributed by atoms with Crippen molar-refractivity contribution >= 4 is 0 Å². The quantitative estimate of drug-likeness (QED) is 0.637. The zero-order chi connectivity index (χ0) is 8.04. The number of hydrogen-bond donors (Lipinski definition) is 1. The van der Waals surface area contributed by atoms with Gasteiger partial charge in [0.05, 0.1) is 5.60 Å². The van der Waals surface area contributed by atoms with Gasteiger partial charge in [-0.15, -0.1) is 0 Å². The number of ether oxygens (including phenoxy) is 1. The normalized spacial score (nSPS) is 16.8. The zero-order valence-corrected chi connectivity index (χ0v) is 7.31. The van der Waals surface area contributed by atoms with Crippen LogP contribution < -0.4 is 5.73 Å². The van der Waals surface area contributed by atoms with Gasteiger partial charge in [0.25, 0.3) is 0 Å². The summed E-state index contributed by atoms with van der Waals surface area (Å²) in [5.74, 6) is 0. The highest BCUT2D eigenvalue weighted by Gasteiger charge is 2.20. The summed E-state index contributed by atoms with van der Waals surface area (Å²) in [6, 6.07) is 0. The largest absolute Gasteiger partial charge is 0.374 e. The van der Waals surface area contributed by atoms with Crippen LogP contribution in [0.1, 0.15) is 33.6 Å². The molecule has 1 unspecified atom stereocenters. The molecule has 0 rings (SSSR count). The average molecular weight is 145 g/mol. The molecule has 2 nitrogen and oxygen atoms in total. The van der Waals surface area contributed by atoms with Gasteiger partial charge in [-0.05, 0) is 20.3 Å². The molecular weight excluding hydrogens is 126 g/mol. The Kier molecular flexibility index (Phi) is 4.65. The predicted molar refractivity (Wildman–Crippen MR) is 44.0 cm³/mol. The third-order valence-corrected chi connectivity index (χ3v) is 1.70. The summed E-state index contributed by atoms with van der Waals surface area (Å²) in [5.41, 5.74) is 5.47. The molecule has 0 aliphatic rings. The van der Waals surface area contributed by atoms with E-state index < -0.39 is 0 Å². The van der Waals surface area contributed by atoms with Gasteiger partial charge in [-0.3, -0.25) is 0 Å². The Labute approximate surface area is 63.7 Å². The summed E-state index contributed by atoms with van der Waals surface area (Å²) < 4.78 is 5.49. The third kappa shape index (κ3) is 3.18. The molecule has 62 valence electrons. The van der Waals surface area contributed by atoms with Gasteiger partial charge < -0.3 is 10.5 Å². The lowest BCUT2D eigenvalue weighted by molar-refractivity contribution is -0.0241. The summed E-state index contributed by atoms with van der Waals surface area (Å²) in [6.07, 6.45) is 2.19. The van der Waals surface area contributed by atoms with Gasteiger partial charge >= 0.3 is 0 Å². The maximum atomic E-state index is 5.55. The van der Waals surface area contributed by atoms with E-state index in [0.29, 0.717) is 6.54 Å². The van der Waals surface area contributed by atoms with Crippen molar-refractivity contribution in [1.29, 1.82) is 0 Å². The summed E-state index contributed by atoms with van der Waals surface area (Å²) in [6.45, 7) is 7.60. The Hall–Kier alpha value is -0.0800. The molecule has 0 heterocycles. The molecule has 1 atom stereocenters. The molecule has 0 bridgehead atoms. The minimum atomic E-state index is -0.0799. The average Bonchev–Trinajstić information content (AvgIpc) is 1.89. The minimum absolute atomic E-state index is 0.0799. The Bertz CT molecular complexity index is 77.3. The van der Waals surface area contributed by atoms with Crippen LogP contribution in [0.4, 0.5) is 0 Å². The van der Waals surface area contributed by atoms with Crippen LogP contribution in [0, 0.1) is 0 Å². The Morgan fingerprint density at radius 2 is 2.00 bits per heavy atom. The lowest BCUT2D eigenvalue weighted by Gasteiger charge is -2.27. The van der Waals surface area contributed by atoms with Crippen molar-refractivity contribution in [2.75, 3.05) is 13.2 Å². The van der Waals surface area contributed by atoms with Crippen molar-refractivity contribution in [3.05, 3.63) is 0 Å². The third-order valence-electron chi connectivity index (χ3n) is 1.70. The van der Waals surface area contributed by atoms with Crippen LogP contribution in [0.2, 0.25) is 0 Å². The van der Waals surface area contributed by atoms with Gasteiger partial charge in [0, 0.05) is 13.2 Å². The standard InChI is InChI=1S/C8H19NO/c1-4-6-8(3,7-9)10-5-2/h4-7,9H2,1-3H3. The minimum Gasteiger partial charge on any atom is -0.374 e. The molecule has 0 aromatic heterocycles. The second-order valence-electron chi connectivity index (χ2n) is 2.84. The second kappa shape index (κ2) is 4.69. The molecule has 0 aromatic rings. The first-order valence-corrected chi connectivity index (χ1v) is 4.02. The molecule has 0 spiro atoms. The Morgan fingerprint density at radius 1 is 1.40 bits per heavy atom. The second-order valence-corrected chi connectivity index (χ2v) is 2.84. The lowest BCUT2D eigenvalue weighted by Crippen LogP contribution is -2.37. The molecular formula is C8H19NO. The fourth-order valence-corrected chi connectivity index (χ4v) is 1.11. The van der Waals surface area contributed by atoms with Gasteiger partial charge in [-0.2, -0.15) is 0 Å². The van der Waals surface area contributed by atoms with Gasteiger partial charge in [0.15, 0.2) is 0 Å². The fourth-order valence-electron chi connectivity index (χ4n) is 1.11. The van der Waals surface area contributed by atoms with Crippen LogP contribution in [0.3, 0.4) is 0 Å². The van der Waals surface area contributed by atoms with E-state index in [2.05, 4.69) is 13.8 Å². The van der Waals surface area contributed by atoms with Crippen LogP contribution in [-0.4, -0.2) is 18.8 Å². The van der Waals surface area contributed by atoms with Crippen molar-refractivity contribution in [2.45, 2.75) is 39.2 Å². The molecule has 0 aliphatic carbocycles. The Balaban J connectivity index is 3.69. The van der Waals surface area contributed by atoms with Crippen LogP contribution in [-0.2, 0) is 4.74 Å². The molecule has 0 aliphatic heterocycles. The molecule has 0 amide bonds. The first kappa shape index (κ1) is 9.92. The monoisotopic (exact) mass is 145 g/mol. The molecule has 10 heavy (non-hydrogen) atoms. The van der Waals surface area contributed by atoms with E-state index >= 15 is 0 Å². The SMILES string of the molecule is CCCC(C)(CN)OCC. The Morgan fingerprint density at radius 3 is 2.30 bits per heavy atom. The van der Waals surface area contributed by atoms with E-state index in [1.54, 1.807) is 0 Å². The first-order chi connectivity index (χ1) is 4.68. The van der Waals surface area contributed by atoms with Crippen molar-refractivity contribution < 1.29 is 4.74 Å². The van der Waals surface area contributed by atoms with E-state index in [4.69, 9.17) is 10.5 Å². The summed E-state index contributed by atoms with van der Waals surface area (Å²) in [7, 11) is 0. The van der Waals surface area contributed by atoms with Crippen LogP contribution >= 0.6 is 0 Å². The van der Waals surface area contributed by atoms with Crippen molar-refractivity contribution in [2.24, 2.45) is 5.73 Å². The molecule has 0 saturated heterocycles. The fraction of sp³-hybridized carbons (Fsp3) is 1.00. The van der Waals surface area contributed by atoms with Crippen LogP contribution in [0.15, 0.2) is 0 Å². The van der Waals surface area contributed by atoms with Crippen LogP contribution in [0.25, 0.3) is 0 Å². The highest BCUT2D eigenvalue weighted by Crippen LogP contribution is 2.15. The maximum Gasteiger partial charge on any atom is 0.0775 e.